The fraction of sp³-hybridized carbons (Fsp3) is 0.409. The standard InChI is InChI=1S/C22H28N2O5S/c1-15-6-5-7-16(2)24(15)30(26,27)21-10-8-18(9-11-21)23-22(25)17-12-19(28-3)14-20(13-17)29-4/h8-16H,5-7H2,1-4H3,(H,23,25). The molecule has 0 spiro atoms. The zero-order valence-electron chi connectivity index (χ0n) is 17.7. The van der Waals surface area contributed by atoms with Gasteiger partial charge < -0.3 is 14.8 Å². The lowest BCUT2D eigenvalue weighted by molar-refractivity contribution is 0.102. The summed E-state index contributed by atoms with van der Waals surface area (Å²) >= 11 is 0. The van der Waals surface area contributed by atoms with Gasteiger partial charge >= 0.3 is 0 Å². The summed E-state index contributed by atoms with van der Waals surface area (Å²) in [4.78, 5) is 12.8. The van der Waals surface area contributed by atoms with Gasteiger partial charge in [-0.15, -0.1) is 0 Å². The summed E-state index contributed by atoms with van der Waals surface area (Å²) in [6.45, 7) is 3.90. The Balaban J connectivity index is 1.78. The molecule has 1 N–H and O–H groups in total. The number of rotatable bonds is 6. The van der Waals surface area contributed by atoms with Crippen molar-refractivity contribution < 1.29 is 22.7 Å². The van der Waals surface area contributed by atoms with E-state index in [1.54, 1.807) is 34.6 Å². The highest BCUT2D eigenvalue weighted by Crippen LogP contribution is 2.30. The molecule has 0 aromatic heterocycles. The first-order chi connectivity index (χ1) is 14.3. The van der Waals surface area contributed by atoms with Crippen molar-refractivity contribution in [3.05, 3.63) is 48.0 Å². The van der Waals surface area contributed by atoms with Crippen molar-refractivity contribution >= 4 is 21.6 Å². The molecular weight excluding hydrogens is 404 g/mol. The van der Waals surface area contributed by atoms with Crippen molar-refractivity contribution in [1.29, 1.82) is 0 Å². The molecule has 2 aromatic rings. The molecule has 1 fully saturated rings. The lowest BCUT2D eigenvalue weighted by Crippen LogP contribution is -2.47. The SMILES string of the molecule is COc1cc(OC)cc(C(=O)Nc2ccc(S(=O)(=O)N3C(C)CCCC3C)cc2)c1. The Morgan fingerprint density at radius 3 is 2.00 bits per heavy atom. The van der Waals surface area contributed by atoms with Crippen molar-refractivity contribution in [1.82, 2.24) is 4.31 Å². The smallest absolute Gasteiger partial charge is 0.255 e. The fourth-order valence-electron chi connectivity index (χ4n) is 3.85. The van der Waals surface area contributed by atoms with Crippen LogP contribution >= 0.6 is 0 Å². The third kappa shape index (κ3) is 4.60. The second-order valence-corrected chi connectivity index (χ2v) is 9.39. The van der Waals surface area contributed by atoms with Gasteiger partial charge in [-0.2, -0.15) is 4.31 Å². The van der Waals surface area contributed by atoms with Crippen molar-refractivity contribution in [3.8, 4) is 11.5 Å². The first-order valence-electron chi connectivity index (χ1n) is 9.94. The Kier molecular flexibility index (Phi) is 6.67. The van der Waals surface area contributed by atoms with Crippen LogP contribution < -0.4 is 14.8 Å². The summed E-state index contributed by atoms with van der Waals surface area (Å²) in [6, 6.07) is 11.1. The molecule has 7 nitrogen and oxygen atoms in total. The van der Waals surface area contributed by atoms with Gasteiger partial charge in [0.15, 0.2) is 0 Å². The number of piperidine rings is 1. The molecule has 0 radical (unpaired) electrons. The van der Waals surface area contributed by atoms with Crippen LogP contribution in [0.15, 0.2) is 47.4 Å². The van der Waals surface area contributed by atoms with Crippen LogP contribution in [0.2, 0.25) is 0 Å². The number of methoxy groups -OCH3 is 2. The van der Waals surface area contributed by atoms with Crippen molar-refractivity contribution in [2.75, 3.05) is 19.5 Å². The lowest BCUT2D eigenvalue weighted by Gasteiger charge is -2.37. The average molecular weight is 433 g/mol. The molecule has 1 heterocycles. The summed E-state index contributed by atoms with van der Waals surface area (Å²) in [6.07, 6.45) is 2.76. The van der Waals surface area contributed by atoms with Crippen LogP contribution in [0, 0.1) is 0 Å². The van der Waals surface area contributed by atoms with Crippen molar-refractivity contribution in [3.63, 3.8) is 0 Å². The molecule has 3 rings (SSSR count). The summed E-state index contributed by atoms with van der Waals surface area (Å²) in [5, 5.41) is 2.78. The molecule has 2 atom stereocenters. The van der Waals surface area contributed by atoms with Gasteiger partial charge in [0.2, 0.25) is 10.0 Å². The molecule has 8 heteroatoms. The Bertz CT molecular complexity index is 972. The molecule has 162 valence electrons. The van der Waals surface area contributed by atoms with E-state index in [4.69, 9.17) is 9.47 Å². The molecule has 30 heavy (non-hydrogen) atoms. The van der Waals surface area contributed by atoms with Gasteiger partial charge in [-0.05, 0) is 63.1 Å². The topological polar surface area (TPSA) is 84.9 Å². The zero-order valence-corrected chi connectivity index (χ0v) is 18.5. The predicted molar refractivity (Wildman–Crippen MR) is 116 cm³/mol. The number of ether oxygens (including phenoxy) is 2. The number of benzene rings is 2. The highest BCUT2D eigenvalue weighted by molar-refractivity contribution is 7.89. The zero-order chi connectivity index (χ0) is 21.9. The van der Waals surface area contributed by atoms with Crippen LogP contribution in [0.4, 0.5) is 5.69 Å². The first kappa shape index (κ1) is 22.1. The van der Waals surface area contributed by atoms with E-state index in [0.717, 1.165) is 19.3 Å². The molecule has 0 saturated carbocycles. The van der Waals surface area contributed by atoms with Crippen LogP contribution in [0.25, 0.3) is 0 Å². The maximum absolute atomic E-state index is 13.1. The lowest BCUT2D eigenvalue weighted by atomic mass is 10.0. The molecular formula is C22H28N2O5S. The van der Waals surface area contributed by atoms with Crippen molar-refractivity contribution in [2.45, 2.75) is 50.1 Å². The number of nitrogens with zero attached hydrogens (tertiary/aromatic N) is 1. The van der Waals surface area contributed by atoms with Gasteiger partial charge in [-0.3, -0.25) is 4.79 Å². The van der Waals surface area contributed by atoms with Gasteiger partial charge in [-0.25, -0.2) is 8.42 Å². The normalized spacial score (nSPS) is 19.9. The quantitative estimate of drug-likeness (QED) is 0.748. The number of amides is 1. The highest BCUT2D eigenvalue weighted by atomic mass is 32.2. The molecule has 1 saturated heterocycles. The largest absolute Gasteiger partial charge is 0.497 e. The highest BCUT2D eigenvalue weighted by Gasteiger charge is 2.35. The number of nitrogens with one attached hydrogen (secondary N) is 1. The van der Waals surface area contributed by atoms with Gasteiger partial charge in [0.1, 0.15) is 11.5 Å². The second-order valence-electron chi connectivity index (χ2n) is 7.54. The van der Waals surface area contributed by atoms with E-state index >= 15 is 0 Å². The minimum atomic E-state index is -3.59. The number of carbonyl (C=O) groups is 1. The third-order valence-electron chi connectivity index (χ3n) is 5.41. The summed E-state index contributed by atoms with van der Waals surface area (Å²) in [5.74, 6) is 0.664. The van der Waals surface area contributed by atoms with Crippen LogP contribution in [-0.4, -0.2) is 44.9 Å². The van der Waals surface area contributed by atoms with Gasteiger partial charge in [-0.1, -0.05) is 6.42 Å². The average Bonchev–Trinajstić information content (AvgIpc) is 2.73. The molecule has 1 aliphatic heterocycles. The number of sulfonamides is 1. The number of hydrogen-bond donors (Lipinski definition) is 1. The van der Waals surface area contributed by atoms with Gasteiger partial charge in [0, 0.05) is 29.4 Å². The van der Waals surface area contributed by atoms with E-state index in [1.807, 2.05) is 13.8 Å². The van der Waals surface area contributed by atoms with Crippen LogP contribution in [0.3, 0.4) is 0 Å². The maximum Gasteiger partial charge on any atom is 0.255 e. The van der Waals surface area contributed by atoms with E-state index < -0.39 is 10.0 Å². The van der Waals surface area contributed by atoms with Gasteiger partial charge in [0.25, 0.3) is 5.91 Å². The Labute approximate surface area is 178 Å². The van der Waals surface area contributed by atoms with E-state index in [1.165, 1.54) is 26.4 Å². The van der Waals surface area contributed by atoms with E-state index in [9.17, 15) is 13.2 Å². The molecule has 1 amide bonds. The number of anilines is 1. The summed E-state index contributed by atoms with van der Waals surface area (Å²) < 4.78 is 38.2. The molecule has 2 aromatic carbocycles. The molecule has 2 unspecified atom stereocenters. The van der Waals surface area contributed by atoms with Crippen LogP contribution in [0.5, 0.6) is 11.5 Å². The Hall–Kier alpha value is -2.58. The maximum atomic E-state index is 13.1. The van der Waals surface area contributed by atoms with E-state index in [2.05, 4.69) is 5.32 Å². The van der Waals surface area contributed by atoms with Crippen LogP contribution in [0.1, 0.15) is 43.5 Å². The number of carbonyl (C=O) groups excluding carboxylic acids is 1. The van der Waals surface area contributed by atoms with Gasteiger partial charge in [0.05, 0.1) is 19.1 Å². The molecule has 0 bridgehead atoms. The summed E-state index contributed by atoms with van der Waals surface area (Å²) in [7, 11) is -0.561. The van der Waals surface area contributed by atoms with Crippen molar-refractivity contribution in [2.24, 2.45) is 0 Å². The fourth-order valence-corrected chi connectivity index (χ4v) is 5.73. The second kappa shape index (κ2) is 9.06. The van der Waals surface area contributed by atoms with E-state index in [-0.39, 0.29) is 22.9 Å². The Morgan fingerprint density at radius 2 is 1.50 bits per heavy atom. The van der Waals surface area contributed by atoms with Crippen LogP contribution in [-0.2, 0) is 10.0 Å². The minimum Gasteiger partial charge on any atom is -0.497 e. The monoisotopic (exact) mass is 432 g/mol. The Morgan fingerprint density at radius 1 is 0.967 bits per heavy atom. The predicted octanol–water partition coefficient (Wildman–Crippen LogP) is 3.91. The first-order valence-corrected chi connectivity index (χ1v) is 11.4. The molecule has 1 aliphatic rings. The summed E-state index contributed by atoms with van der Waals surface area (Å²) in [5.41, 5.74) is 0.874. The number of hydrogen-bond acceptors (Lipinski definition) is 5. The molecule has 0 aliphatic carbocycles. The van der Waals surface area contributed by atoms with E-state index in [0.29, 0.717) is 22.7 Å². The minimum absolute atomic E-state index is 0.0267. The third-order valence-corrected chi connectivity index (χ3v) is 7.56.